The molecule has 0 radical (unpaired) electrons. The van der Waals surface area contributed by atoms with E-state index in [0.29, 0.717) is 18.3 Å². The van der Waals surface area contributed by atoms with Crippen LogP contribution in [0.2, 0.25) is 0 Å². The van der Waals surface area contributed by atoms with Crippen LogP contribution >= 0.6 is 0 Å². The summed E-state index contributed by atoms with van der Waals surface area (Å²) < 4.78 is 33.0. The third kappa shape index (κ3) is 4.69. The van der Waals surface area contributed by atoms with Crippen molar-refractivity contribution in [2.45, 2.75) is 37.6 Å². The predicted octanol–water partition coefficient (Wildman–Crippen LogP) is 1.75. The Labute approximate surface area is 127 Å². The van der Waals surface area contributed by atoms with E-state index in [9.17, 15) is 8.42 Å². The molecule has 5 nitrogen and oxygen atoms in total. The maximum atomic E-state index is 12.3. The van der Waals surface area contributed by atoms with Gasteiger partial charge in [0.25, 0.3) is 0 Å². The van der Waals surface area contributed by atoms with Crippen molar-refractivity contribution in [3.8, 4) is 5.75 Å². The first-order valence-corrected chi connectivity index (χ1v) is 8.92. The minimum absolute atomic E-state index is 0.146. The molecule has 0 spiro atoms. The molecule has 1 aromatic rings. The second-order valence-corrected chi connectivity index (χ2v) is 7.41. The third-order valence-corrected chi connectivity index (χ3v) is 5.16. The zero-order chi connectivity index (χ0) is 15.3. The van der Waals surface area contributed by atoms with E-state index in [1.54, 1.807) is 38.1 Å². The highest BCUT2D eigenvalue weighted by Crippen LogP contribution is 2.25. The molecule has 1 aliphatic rings. The fourth-order valence-corrected chi connectivity index (χ4v) is 3.82. The Kier molecular flexibility index (Phi) is 5.61. The van der Waals surface area contributed by atoms with Gasteiger partial charge in [-0.15, -0.1) is 0 Å². The lowest BCUT2D eigenvalue weighted by Crippen LogP contribution is -2.32. The van der Waals surface area contributed by atoms with Gasteiger partial charge < -0.3 is 10.1 Å². The Morgan fingerprint density at radius 1 is 1.29 bits per heavy atom. The number of para-hydroxylation sites is 1. The number of sulfonamides is 1. The smallest absolute Gasteiger partial charge is 0.244 e. The van der Waals surface area contributed by atoms with Crippen molar-refractivity contribution < 1.29 is 13.2 Å². The molecule has 1 aliphatic heterocycles. The first kappa shape index (κ1) is 16.3. The SMILES string of the molecule is CC(C)NS(=O)(=O)c1ccccc1OCC1CCNCC1. The lowest BCUT2D eigenvalue weighted by atomic mass is 9.99. The molecule has 1 aromatic carbocycles. The minimum Gasteiger partial charge on any atom is -0.492 e. The van der Waals surface area contributed by atoms with E-state index < -0.39 is 10.0 Å². The van der Waals surface area contributed by atoms with E-state index in [1.165, 1.54) is 0 Å². The Balaban J connectivity index is 2.09. The number of hydrogen-bond donors (Lipinski definition) is 2. The molecule has 0 unspecified atom stereocenters. The zero-order valence-corrected chi connectivity index (χ0v) is 13.4. The average Bonchev–Trinajstić information content (AvgIpc) is 2.45. The van der Waals surface area contributed by atoms with Crippen molar-refractivity contribution in [3.05, 3.63) is 24.3 Å². The summed E-state index contributed by atoms with van der Waals surface area (Å²) >= 11 is 0. The molecule has 0 atom stereocenters. The van der Waals surface area contributed by atoms with Crippen molar-refractivity contribution in [2.24, 2.45) is 5.92 Å². The quantitative estimate of drug-likeness (QED) is 0.840. The Hall–Kier alpha value is -1.11. The van der Waals surface area contributed by atoms with Gasteiger partial charge >= 0.3 is 0 Å². The fraction of sp³-hybridized carbons (Fsp3) is 0.600. The molecule has 2 rings (SSSR count). The number of piperidine rings is 1. The van der Waals surface area contributed by atoms with Crippen LogP contribution < -0.4 is 14.8 Å². The number of ether oxygens (including phenoxy) is 1. The van der Waals surface area contributed by atoms with Crippen LogP contribution in [0.4, 0.5) is 0 Å². The highest BCUT2D eigenvalue weighted by atomic mass is 32.2. The summed E-state index contributed by atoms with van der Waals surface area (Å²) in [6.07, 6.45) is 2.14. The maximum absolute atomic E-state index is 12.3. The largest absolute Gasteiger partial charge is 0.492 e. The molecule has 1 fully saturated rings. The molecule has 21 heavy (non-hydrogen) atoms. The number of hydrogen-bond acceptors (Lipinski definition) is 4. The van der Waals surface area contributed by atoms with Crippen molar-refractivity contribution in [1.82, 2.24) is 10.0 Å². The monoisotopic (exact) mass is 312 g/mol. The van der Waals surface area contributed by atoms with E-state index in [2.05, 4.69) is 10.0 Å². The normalized spacial score (nSPS) is 17.1. The number of benzene rings is 1. The van der Waals surface area contributed by atoms with Crippen molar-refractivity contribution in [1.29, 1.82) is 0 Å². The molecule has 0 aliphatic carbocycles. The van der Waals surface area contributed by atoms with Gasteiger partial charge in [-0.1, -0.05) is 12.1 Å². The second kappa shape index (κ2) is 7.24. The van der Waals surface area contributed by atoms with Crippen LogP contribution in [0.1, 0.15) is 26.7 Å². The highest BCUT2D eigenvalue weighted by Gasteiger charge is 2.21. The number of nitrogens with one attached hydrogen (secondary N) is 2. The van der Waals surface area contributed by atoms with Crippen LogP contribution in [0.5, 0.6) is 5.75 Å². The van der Waals surface area contributed by atoms with Crippen LogP contribution in [-0.4, -0.2) is 34.2 Å². The van der Waals surface area contributed by atoms with Gasteiger partial charge in [-0.2, -0.15) is 0 Å². The first-order chi connectivity index (χ1) is 9.99. The number of rotatable bonds is 6. The second-order valence-electron chi connectivity index (χ2n) is 5.73. The van der Waals surface area contributed by atoms with Crippen LogP contribution in [0.25, 0.3) is 0 Å². The van der Waals surface area contributed by atoms with Gasteiger partial charge in [0, 0.05) is 6.04 Å². The summed E-state index contributed by atoms with van der Waals surface area (Å²) in [6.45, 7) is 6.17. The summed E-state index contributed by atoms with van der Waals surface area (Å²) in [6, 6.07) is 6.67. The van der Waals surface area contributed by atoms with E-state index in [0.717, 1.165) is 25.9 Å². The lowest BCUT2D eigenvalue weighted by molar-refractivity contribution is 0.211. The molecular formula is C15H24N2O3S. The van der Waals surface area contributed by atoms with Crippen LogP contribution in [0, 0.1) is 5.92 Å². The Bertz CT molecular complexity index is 552. The summed E-state index contributed by atoms with van der Waals surface area (Å²) in [5.41, 5.74) is 0. The average molecular weight is 312 g/mol. The topological polar surface area (TPSA) is 67.4 Å². The van der Waals surface area contributed by atoms with E-state index >= 15 is 0 Å². The van der Waals surface area contributed by atoms with Gasteiger partial charge in [0.05, 0.1) is 6.61 Å². The van der Waals surface area contributed by atoms with E-state index in [-0.39, 0.29) is 10.9 Å². The fourth-order valence-electron chi connectivity index (χ4n) is 2.42. The van der Waals surface area contributed by atoms with Crippen molar-refractivity contribution in [3.63, 3.8) is 0 Å². The van der Waals surface area contributed by atoms with Crippen LogP contribution in [-0.2, 0) is 10.0 Å². The molecule has 1 heterocycles. The molecule has 1 saturated heterocycles. The van der Waals surface area contributed by atoms with E-state index in [4.69, 9.17) is 4.74 Å². The van der Waals surface area contributed by atoms with Crippen molar-refractivity contribution in [2.75, 3.05) is 19.7 Å². The van der Waals surface area contributed by atoms with Gasteiger partial charge in [-0.25, -0.2) is 13.1 Å². The molecular weight excluding hydrogens is 288 g/mol. The van der Waals surface area contributed by atoms with Crippen LogP contribution in [0.15, 0.2) is 29.2 Å². The standard InChI is InChI=1S/C15H24N2O3S/c1-12(2)17-21(18,19)15-6-4-3-5-14(15)20-11-13-7-9-16-10-8-13/h3-6,12-13,16-17H,7-11H2,1-2H3. The van der Waals surface area contributed by atoms with Gasteiger partial charge in [0.15, 0.2) is 0 Å². The zero-order valence-electron chi connectivity index (χ0n) is 12.6. The molecule has 0 saturated carbocycles. The van der Waals surface area contributed by atoms with Gasteiger partial charge in [0.2, 0.25) is 10.0 Å². The molecule has 118 valence electrons. The lowest BCUT2D eigenvalue weighted by Gasteiger charge is -2.23. The third-order valence-electron chi connectivity index (χ3n) is 3.46. The van der Waals surface area contributed by atoms with Gasteiger partial charge in [-0.3, -0.25) is 0 Å². The Morgan fingerprint density at radius 3 is 2.62 bits per heavy atom. The van der Waals surface area contributed by atoms with Crippen LogP contribution in [0.3, 0.4) is 0 Å². The summed E-state index contributed by atoms with van der Waals surface area (Å²) in [4.78, 5) is 0.215. The molecule has 0 bridgehead atoms. The summed E-state index contributed by atoms with van der Waals surface area (Å²) in [7, 11) is -3.53. The molecule has 2 N–H and O–H groups in total. The first-order valence-electron chi connectivity index (χ1n) is 7.44. The molecule has 0 amide bonds. The maximum Gasteiger partial charge on any atom is 0.244 e. The van der Waals surface area contributed by atoms with Gasteiger partial charge in [-0.05, 0) is 57.8 Å². The molecule has 6 heteroatoms. The summed E-state index contributed by atoms with van der Waals surface area (Å²) in [5.74, 6) is 0.921. The highest BCUT2D eigenvalue weighted by molar-refractivity contribution is 7.89. The Morgan fingerprint density at radius 2 is 1.95 bits per heavy atom. The molecule has 0 aromatic heterocycles. The van der Waals surface area contributed by atoms with Crippen molar-refractivity contribution >= 4 is 10.0 Å². The van der Waals surface area contributed by atoms with E-state index in [1.807, 2.05) is 0 Å². The van der Waals surface area contributed by atoms with Gasteiger partial charge in [0.1, 0.15) is 10.6 Å². The predicted molar refractivity (Wildman–Crippen MR) is 83.0 cm³/mol. The minimum atomic E-state index is -3.53. The summed E-state index contributed by atoms with van der Waals surface area (Å²) in [5, 5.41) is 3.31.